The number of halogens is 1. The fourth-order valence-electron chi connectivity index (χ4n) is 2.49. The Kier molecular flexibility index (Phi) is 4.94. The van der Waals surface area contributed by atoms with E-state index < -0.39 is 23.5 Å². The number of hydrogen-bond donors (Lipinski definition) is 1. The zero-order chi connectivity index (χ0) is 19.6. The van der Waals surface area contributed by atoms with Crippen molar-refractivity contribution in [2.75, 3.05) is 0 Å². The molecule has 1 aromatic heterocycles. The molecule has 0 fully saturated rings. The summed E-state index contributed by atoms with van der Waals surface area (Å²) in [5.74, 6) is -0.467. The third-order valence-electron chi connectivity index (χ3n) is 3.98. The minimum absolute atomic E-state index is 0.240. The zero-order valence-corrected chi connectivity index (χ0v) is 15.2. The van der Waals surface area contributed by atoms with Crippen LogP contribution in [0, 0.1) is 5.82 Å². The number of aromatic amines is 1. The summed E-state index contributed by atoms with van der Waals surface area (Å²) in [4.78, 5) is 31.7. The lowest BCUT2D eigenvalue weighted by Gasteiger charge is -2.26. The van der Waals surface area contributed by atoms with Crippen molar-refractivity contribution >= 4 is 16.9 Å². The van der Waals surface area contributed by atoms with Gasteiger partial charge in [-0.3, -0.25) is 4.79 Å². The maximum Gasteiger partial charge on any atom is 0.350 e. The Bertz CT molecular complexity index is 1030. The molecule has 0 aliphatic carbocycles. The van der Waals surface area contributed by atoms with Crippen molar-refractivity contribution in [3.8, 4) is 5.75 Å². The van der Waals surface area contributed by atoms with E-state index in [9.17, 15) is 14.0 Å². The number of aromatic nitrogens is 2. The van der Waals surface area contributed by atoms with E-state index in [0.717, 1.165) is 0 Å². The van der Waals surface area contributed by atoms with Crippen LogP contribution in [0.4, 0.5) is 4.39 Å². The number of hydrogen-bond acceptors (Lipinski definition) is 5. The van der Waals surface area contributed by atoms with Gasteiger partial charge in [0.25, 0.3) is 5.56 Å². The lowest BCUT2D eigenvalue weighted by molar-refractivity contribution is -0.164. The molecule has 1 N–H and O–H groups in total. The Hall–Kier alpha value is -3.22. The van der Waals surface area contributed by atoms with Gasteiger partial charge in [-0.15, -0.1) is 0 Å². The summed E-state index contributed by atoms with van der Waals surface area (Å²) in [6.45, 7) is 4.70. The van der Waals surface area contributed by atoms with Crippen molar-refractivity contribution in [3.63, 3.8) is 0 Å². The van der Waals surface area contributed by atoms with E-state index in [1.54, 1.807) is 45.0 Å². The molecule has 0 aliphatic heterocycles. The summed E-state index contributed by atoms with van der Waals surface area (Å²) >= 11 is 0. The molecule has 27 heavy (non-hydrogen) atoms. The molecule has 1 atom stereocenters. The molecule has 0 amide bonds. The molecule has 3 aromatic rings. The Morgan fingerprint density at radius 1 is 1.15 bits per heavy atom. The van der Waals surface area contributed by atoms with Crippen LogP contribution in [0.3, 0.4) is 0 Å². The summed E-state index contributed by atoms with van der Waals surface area (Å²) in [7, 11) is 0. The molecule has 0 aliphatic rings. The second-order valence-corrected chi connectivity index (χ2v) is 6.58. The molecule has 0 saturated carbocycles. The van der Waals surface area contributed by atoms with Crippen molar-refractivity contribution in [3.05, 3.63) is 70.5 Å². The number of rotatable bonds is 5. The number of ether oxygens (including phenoxy) is 2. The van der Waals surface area contributed by atoms with Gasteiger partial charge in [0.05, 0.1) is 10.9 Å². The van der Waals surface area contributed by atoms with E-state index in [1.165, 1.54) is 24.3 Å². The van der Waals surface area contributed by atoms with Gasteiger partial charge in [0.1, 0.15) is 11.6 Å². The van der Waals surface area contributed by atoms with Crippen LogP contribution in [-0.4, -0.2) is 21.5 Å². The number of esters is 1. The molecular formula is C20H19FN2O4. The fourth-order valence-corrected chi connectivity index (χ4v) is 2.49. The van der Waals surface area contributed by atoms with Gasteiger partial charge in [-0.2, -0.15) is 0 Å². The number of nitrogens with zero attached hydrogens (tertiary/aromatic N) is 1. The van der Waals surface area contributed by atoms with Crippen LogP contribution in [0.25, 0.3) is 10.9 Å². The van der Waals surface area contributed by atoms with E-state index >= 15 is 0 Å². The van der Waals surface area contributed by atoms with Crippen molar-refractivity contribution in [1.82, 2.24) is 9.97 Å². The van der Waals surface area contributed by atoms with E-state index in [2.05, 4.69) is 9.97 Å². The molecule has 0 saturated heterocycles. The van der Waals surface area contributed by atoms with Gasteiger partial charge in [0.2, 0.25) is 0 Å². The molecule has 0 unspecified atom stereocenters. The molecule has 0 radical (unpaired) electrons. The van der Waals surface area contributed by atoms with Gasteiger partial charge in [-0.05, 0) is 57.2 Å². The summed E-state index contributed by atoms with van der Waals surface area (Å²) in [5, 5.41) is 0.458. The van der Waals surface area contributed by atoms with Gasteiger partial charge in [-0.1, -0.05) is 12.1 Å². The van der Waals surface area contributed by atoms with Crippen LogP contribution in [0.5, 0.6) is 5.75 Å². The number of fused-ring (bicyclic) bond motifs is 1. The van der Waals surface area contributed by atoms with Crippen LogP contribution in [0.2, 0.25) is 0 Å². The second kappa shape index (κ2) is 7.19. The summed E-state index contributed by atoms with van der Waals surface area (Å²) in [5.41, 5.74) is -1.11. The van der Waals surface area contributed by atoms with Crippen LogP contribution in [0.1, 0.15) is 32.7 Å². The maximum absolute atomic E-state index is 13.0. The molecular weight excluding hydrogens is 351 g/mol. The molecule has 6 nitrogen and oxygen atoms in total. The summed E-state index contributed by atoms with van der Waals surface area (Å²) in [6.07, 6.45) is -0.786. The first-order valence-electron chi connectivity index (χ1n) is 8.41. The third kappa shape index (κ3) is 4.13. The highest BCUT2D eigenvalue weighted by molar-refractivity contribution is 5.79. The van der Waals surface area contributed by atoms with Crippen molar-refractivity contribution in [2.24, 2.45) is 0 Å². The van der Waals surface area contributed by atoms with Gasteiger partial charge < -0.3 is 14.5 Å². The predicted octanol–water partition coefficient (Wildman–Crippen LogP) is 3.52. The molecule has 2 aromatic carbocycles. The van der Waals surface area contributed by atoms with Gasteiger partial charge in [0, 0.05) is 0 Å². The molecule has 0 spiro atoms. The molecule has 7 heteroatoms. The second-order valence-electron chi connectivity index (χ2n) is 6.58. The average Bonchev–Trinajstić information content (AvgIpc) is 2.63. The molecule has 3 rings (SSSR count). The lowest BCUT2D eigenvalue weighted by atomic mass is 10.1. The van der Waals surface area contributed by atoms with E-state index in [4.69, 9.17) is 9.47 Å². The van der Waals surface area contributed by atoms with E-state index in [1.807, 2.05) is 0 Å². The predicted molar refractivity (Wildman–Crippen MR) is 98.0 cm³/mol. The lowest BCUT2D eigenvalue weighted by Crippen LogP contribution is -2.40. The minimum Gasteiger partial charge on any atom is -0.476 e. The first kappa shape index (κ1) is 18.6. The zero-order valence-electron chi connectivity index (χ0n) is 15.2. The molecule has 0 bridgehead atoms. The Morgan fingerprint density at radius 3 is 2.52 bits per heavy atom. The highest BCUT2D eigenvalue weighted by Gasteiger charge is 2.34. The molecule has 1 heterocycles. The summed E-state index contributed by atoms with van der Waals surface area (Å²) in [6, 6.07) is 12.2. The van der Waals surface area contributed by atoms with Crippen LogP contribution < -0.4 is 10.3 Å². The highest BCUT2D eigenvalue weighted by atomic mass is 19.1. The van der Waals surface area contributed by atoms with E-state index in [-0.39, 0.29) is 11.4 Å². The Balaban J connectivity index is 1.76. The maximum atomic E-state index is 13.0. The monoisotopic (exact) mass is 370 g/mol. The number of H-pyrrole nitrogens is 1. The summed E-state index contributed by atoms with van der Waals surface area (Å²) < 4.78 is 24.0. The smallest absolute Gasteiger partial charge is 0.350 e. The normalized spacial score (nSPS) is 12.6. The van der Waals surface area contributed by atoms with Crippen LogP contribution in [-0.2, 0) is 9.53 Å². The number of benzene rings is 2. The minimum atomic E-state index is -1.32. The van der Waals surface area contributed by atoms with E-state index in [0.29, 0.717) is 16.7 Å². The van der Waals surface area contributed by atoms with Gasteiger partial charge >= 0.3 is 5.97 Å². The number of para-hydroxylation sites is 1. The van der Waals surface area contributed by atoms with Crippen molar-refractivity contribution < 1.29 is 18.7 Å². The third-order valence-corrected chi connectivity index (χ3v) is 3.98. The van der Waals surface area contributed by atoms with Crippen molar-refractivity contribution in [2.45, 2.75) is 32.5 Å². The highest BCUT2D eigenvalue weighted by Crippen LogP contribution is 2.23. The first-order valence-corrected chi connectivity index (χ1v) is 8.41. The average molecular weight is 370 g/mol. The number of carbonyl (C=O) groups is 1. The van der Waals surface area contributed by atoms with Gasteiger partial charge in [-0.25, -0.2) is 14.2 Å². The number of carbonyl (C=O) groups excluding carboxylic acids is 1. The Labute approximate surface area is 155 Å². The standard InChI is InChI=1S/C20H19FN2O4/c1-12(17-22-16-7-5-4-6-15(16)18(24)23-17)26-19(25)20(2,3)27-14-10-8-13(21)9-11-14/h4-12H,1-3H3,(H,22,23,24)/t12-/m1/s1. The largest absolute Gasteiger partial charge is 0.476 e. The number of nitrogens with one attached hydrogen (secondary N) is 1. The SMILES string of the molecule is C[C@@H](OC(=O)C(C)(C)Oc1ccc(F)cc1)c1nc2ccccc2c(=O)[nH]1. The Morgan fingerprint density at radius 2 is 1.81 bits per heavy atom. The molecule has 140 valence electrons. The fraction of sp³-hybridized carbons (Fsp3) is 0.250. The van der Waals surface area contributed by atoms with Crippen LogP contribution in [0.15, 0.2) is 53.3 Å². The topological polar surface area (TPSA) is 81.3 Å². The van der Waals surface area contributed by atoms with Gasteiger partial charge in [0.15, 0.2) is 17.5 Å². The van der Waals surface area contributed by atoms with Crippen LogP contribution >= 0.6 is 0 Å². The quantitative estimate of drug-likeness (QED) is 0.695. The van der Waals surface area contributed by atoms with Crippen molar-refractivity contribution in [1.29, 1.82) is 0 Å². The first-order chi connectivity index (χ1) is 12.8.